The molecule has 26 heavy (non-hydrogen) atoms. The third kappa shape index (κ3) is 3.84. The maximum Gasteiger partial charge on any atom is 0.326 e. The summed E-state index contributed by atoms with van der Waals surface area (Å²) >= 11 is 3.27. The third-order valence-corrected chi connectivity index (χ3v) is 5.82. The number of esters is 1. The van der Waals surface area contributed by atoms with Gasteiger partial charge in [-0.3, -0.25) is 14.2 Å². The lowest BCUT2D eigenvalue weighted by atomic mass is 9.72. The van der Waals surface area contributed by atoms with Crippen LogP contribution in [0.3, 0.4) is 0 Å². The Kier molecular flexibility index (Phi) is 5.23. The molecule has 0 aliphatic heterocycles. The predicted molar refractivity (Wildman–Crippen MR) is 102 cm³/mol. The lowest BCUT2D eigenvalue weighted by Crippen LogP contribution is -2.32. The molecule has 0 aromatic carbocycles. The number of hydrogen-bond donors (Lipinski definition) is 0. The zero-order chi connectivity index (χ0) is 19.1. The number of hydrogen-bond acceptors (Lipinski definition) is 5. The van der Waals surface area contributed by atoms with Crippen molar-refractivity contribution in [3.63, 3.8) is 0 Å². The van der Waals surface area contributed by atoms with Gasteiger partial charge in [-0.15, -0.1) is 0 Å². The summed E-state index contributed by atoms with van der Waals surface area (Å²) in [6.07, 6.45) is 5.21. The Morgan fingerprint density at radius 1 is 1.31 bits per heavy atom. The number of fused-ring (bicyclic) bond motifs is 1. The van der Waals surface area contributed by atoms with Gasteiger partial charge >= 0.3 is 5.97 Å². The average molecular weight is 425 g/mol. The molecule has 7 nitrogen and oxygen atoms in total. The number of ether oxygens (including phenoxy) is 1. The van der Waals surface area contributed by atoms with E-state index in [9.17, 15) is 9.59 Å². The Hall–Kier alpha value is -1.70. The molecule has 0 unspecified atom stereocenters. The molecular formula is C18H25BrN4O3. The van der Waals surface area contributed by atoms with E-state index >= 15 is 0 Å². The minimum atomic E-state index is -0.396. The smallest absolute Gasteiger partial charge is 0.326 e. The van der Waals surface area contributed by atoms with Gasteiger partial charge < -0.3 is 4.74 Å². The van der Waals surface area contributed by atoms with Gasteiger partial charge in [0.25, 0.3) is 5.56 Å². The Balaban J connectivity index is 1.64. The van der Waals surface area contributed by atoms with Crippen molar-refractivity contribution >= 4 is 32.9 Å². The van der Waals surface area contributed by atoms with Gasteiger partial charge in [0, 0.05) is 7.05 Å². The number of rotatable bonds is 3. The maximum atomic E-state index is 12.6. The average Bonchev–Trinajstić information content (AvgIpc) is 2.84. The predicted octanol–water partition coefficient (Wildman–Crippen LogP) is 3.04. The second-order valence-corrected chi connectivity index (χ2v) is 8.87. The van der Waals surface area contributed by atoms with Crippen molar-refractivity contribution in [2.24, 2.45) is 18.4 Å². The van der Waals surface area contributed by atoms with Crippen LogP contribution in [0, 0.1) is 11.3 Å². The number of halogens is 1. The summed E-state index contributed by atoms with van der Waals surface area (Å²) in [5.41, 5.74) is 0.468. The van der Waals surface area contributed by atoms with Crippen LogP contribution in [0.15, 0.2) is 15.7 Å². The zero-order valence-electron chi connectivity index (χ0n) is 15.7. The Labute approximate surface area is 160 Å². The number of aryl methyl sites for hydroxylation is 1. The van der Waals surface area contributed by atoms with Gasteiger partial charge in [0.05, 0.1) is 0 Å². The number of carbonyl (C=O) groups excluding carboxylic acids is 1. The fraction of sp³-hybridized carbons (Fsp3) is 0.667. The minimum Gasteiger partial charge on any atom is -0.461 e. The monoisotopic (exact) mass is 424 g/mol. The molecule has 1 saturated carbocycles. The molecule has 2 aromatic rings. The normalized spacial score (nSPS) is 21.1. The number of nitrogens with zero attached hydrogens (tertiary/aromatic N) is 4. The first kappa shape index (κ1) is 19.1. The van der Waals surface area contributed by atoms with Crippen LogP contribution in [0.2, 0.25) is 0 Å². The van der Waals surface area contributed by atoms with Crippen LogP contribution in [0.25, 0.3) is 11.0 Å². The van der Waals surface area contributed by atoms with E-state index in [1.807, 2.05) is 0 Å². The van der Waals surface area contributed by atoms with E-state index in [0.717, 1.165) is 25.7 Å². The van der Waals surface area contributed by atoms with Gasteiger partial charge in [-0.05, 0) is 52.9 Å². The van der Waals surface area contributed by atoms with Crippen LogP contribution in [-0.4, -0.2) is 31.4 Å². The molecule has 142 valence electrons. The molecule has 0 bridgehead atoms. The van der Waals surface area contributed by atoms with E-state index in [1.54, 1.807) is 7.05 Å². The first-order valence-corrected chi connectivity index (χ1v) is 9.73. The number of aromatic nitrogens is 4. The van der Waals surface area contributed by atoms with Gasteiger partial charge in [-0.25, -0.2) is 9.67 Å². The van der Waals surface area contributed by atoms with Gasteiger partial charge in [-0.2, -0.15) is 5.10 Å². The van der Waals surface area contributed by atoms with E-state index in [1.165, 1.54) is 15.6 Å². The van der Waals surface area contributed by atoms with Crippen LogP contribution in [0.4, 0.5) is 0 Å². The molecule has 1 fully saturated rings. The quantitative estimate of drug-likeness (QED) is 0.707. The topological polar surface area (TPSA) is 79.0 Å². The molecule has 8 heteroatoms. The molecular weight excluding hydrogens is 400 g/mol. The fourth-order valence-electron chi connectivity index (χ4n) is 3.66. The van der Waals surface area contributed by atoms with Crippen LogP contribution in [-0.2, 0) is 23.1 Å². The summed E-state index contributed by atoms with van der Waals surface area (Å²) in [7, 11) is 1.71. The van der Waals surface area contributed by atoms with Gasteiger partial charge in [0.1, 0.15) is 29.0 Å². The van der Waals surface area contributed by atoms with Crippen LogP contribution < -0.4 is 5.56 Å². The third-order valence-electron chi connectivity index (χ3n) is 5.26. The second kappa shape index (κ2) is 7.13. The second-order valence-electron chi connectivity index (χ2n) is 8.12. The summed E-state index contributed by atoms with van der Waals surface area (Å²) in [6, 6.07) is 0. The van der Waals surface area contributed by atoms with E-state index in [4.69, 9.17) is 4.74 Å². The highest BCUT2D eigenvalue weighted by atomic mass is 79.9. The maximum absolute atomic E-state index is 12.6. The summed E-state index contributed by atoms with van der Waals surface area (Å²) in [5, 5.41) is 4.50. The molecule has 2 aromatic heterocycles. The Bertz CT molecular complexity index is 873. The zero-order valence-corrected chi connectivity index (χ0v) is 17.2. The SMILES string of the molecule is Cn1nc(Br)c2c(=O)n(CC(=O)OC3CCC(C(C)(C)C)CC3)cnc21. The van der Waals surface area contributed by atoms with Crippen LogP contribution >= 0.6 is 15.9 Å². The van der Waals surface area contributed by atoms with E-state index < -0.39 is 5.97 Å². The van der Waals surface area contributed by atoms with E-state index in [-0.39, 0.29) is 18.2 Å². The molecule has 0 radical (unpaired) electrons. The highest BCUT2D eigenvalue weighted by Gasteiger charge is 2.31. The van der Waals surface area contributed by atoms with Crippen LogP contribution in [0.5, 0.6) is 0 Å². The highest BCUT2D eigenvalue weighted by Crippen LogP contribution is 2.38. The van der Waals surface area contributed by atoms with Crippen LogP contribution in [0.1, 0.15) is 46.5 Å². The van der Waals surface area contributed by atoms with Crippen molar-refractivity contribution in [1.82, 2.24) is 19.3 Å². The molecule has 0 saturated heterocycles. The first-order valence-electron chi connectivity index (χ1n) is 8.94. The minimum absolute atomic E-state index is 0.0568. The molecule has 0 atom stereocenters. The lowest BCUT2D eigenvalue weighted by molar-refractivity contribution is -0.152. The number of carbonyl (C=O) groups is 1. The van der Waals surface area contributed by atoms with Gasteiger partial charge in [0.2, 0.25) is 0 Å². The van der Waals surface area contributed by atoms with Crippen molar-refractivity contribution < 1.29 is 9.53 Å². The Morgan fingerprint density at radius 2 is 1.96 bits per heavy atom. The van der Waals surface area contributed by atoms with Crippen molar-refractivity contribution in [2.45, 2.75) is 59.1 Å². The Morgan fingerprint density at radius 3 is 2.58 bits per heavy atom. The van der Waals surface area contributed by atoms with Gasteiger partial charge in [0.15, 0.2) is 5.65 Å². The lowest BCUT2D eigenvalue weighted by Gasteiger charge is -2.36. The van der Waals surface area contributed by atoms with Crippen molar-refractivity contribution in [3.05, 3.63) is 21.3 Å². The molecule has 0 amide bonds. The van der Waals surface area contributed by atoms with Crippen molar-refractivity contribution in [1.29, 1.82) is 0 Å². The summed E-state index contributed by atoms with van der Waals surface area (Å²) in [6.45, 7) is 6.64. The summed E-state index contributed by atoms with van der Waals surface area (Å²) in [4.78, 5) is 29.1. The summed E-state index contributed by atoms with van der Waals surface area (Å²) in [5.74, 6) is 0.266. The van der Waals surface area contributed by atoms with Gasteiger partial charge in [-0.1, -0.05) is 20.8 Å². The molecule has 2 heterocycles. The highest BCUT2D eigenvalue weighted by molar-refractivity contribution is 9.10. The van der Waals surface area contributed by atoms with E-state index in [2.05, 4.69) is 46.8 Å². The molecule has 3 rings (SSSR count). The molecule has 0 spiro atoms. The first-order chi connectivity index (χ1) is 12.2. The molecule has 0 N–H and O–H groups in total. The fourth-order valence-corrected chi connectivity index (χ4v) is 4.24. The summed E-state index contributed by atoms with van der Waals surface area (Å²) < 4.78 is 8.83. The largest absolute Gasteiger partial charge is 0.461 e. The molecule has 1 aliphatic carbocycles. The van der Waals surface area contributed by atoms with Crippen molar-refractivity contribution in [2.75, 3.05) is 0 Å². The standard InChI is InChI=1S/C18H25BrN4O3/c1-18(2,3)11-5-7-12(8-6-11)26-13(24)9-23-10-20-16-14(17(23)25)15(19)21-22(16)4/h10-12H,5-9H2,1-4H3. The van der Waals surface area contributed by atoms with Crippen molar-refractivity contribution in [3.8, 4) is 0 Å². The van der Waals surface area contributed by atoms with E-state index in [0.29, 0.717) is 27.0 Å². The molecule has 1 aliphatic rings.